The maximum atomic E-state index is 14.2. The molecule has 0 bridgehead atoms. The number of phenols is 1. The van der Waals surface area contributed by atoms with Crippen LogP contribution in [0.5, 0.6) is 5.75 Å². The summed E-state index contributed by atoms with van der Waals surface area (Å²) in [5, 5.41) is 57.8. The van der Waals surface area contributed by atoms with Gasteiger partial charge in [0, 0.05) is 17.1 Å². The summed E-state index contributed by atoms with van der Waals surface area (Å²) in [5.74, 6) is -8.76. The number of likely N-dealkylation sites (N-methyl/N-ethyl adjacent to an activating group) is 1. The van der Waals surface area contributed by atoms with Gasteiger partial charge in [0.15, 0.2) is 11.4 Å². The number of aromatic hydroxyl groups is 1. The third-order valence-corrected chi connectivity index (χ3v) is 10.3. The standard InChI is InChI=1S/C32H43N3O8/c1-15-16-9-10-17(31(2,3)11-8-14-35-12-6-7-13-35)24(36)19(16)25(37)20-18(15)26(38)22-23(34(4)5)27(39)21(30(33)42)29(41)32(22,43)28(20)40/h9-10,15,18,22-23,26,36,38-40,43H,6-8,11-14H2,1-5H3,(H2,33,42)/t15-,18+,22+,23-,26-,32-/m0/s1. The number of fused-ring (bicyclic) bond motifs is 3. The fraction of sp³-hybridized carbons (Fsp3) is 0.594. The molecule has 1 saturated heterocycles. The molecule has 1 aromatic carbocycles. The van der Waals surface area contributed by atoms with Crippen molar-refractivity contribution < 1.29 is 39.9 Å². The molecule has 0 saturated carbocycles. The van der Waals surface area contributed by atoms with Crippen LogP contribution in [0.15, 0.2) is 34.8 Å². The van der Waals surface area contributed by atoms with E-state index in [1.165, 1.54) is 31.8 Å². The van der Waals surface area contributed by atoms with Crippen molar-refractivity contribution in [2.24, 2.45) is 17.6 Å². The van der Waals surface area contributed by atoms with Crippen molar-refractivity contribution in [2.75, 3.05) is 33.7 Å². The van der Waals surface area contributed by atoms with E-state index in [0.29, 0.717) is 11.1 Å². The molecule has 5 rings (SSSR count). The minimum absolute atomic E-state index is 0.0504. The van der Waals surface area contributed by atoms with Crippen LogP contribution in [0.25, 0.3) is 0 Å². The first-order chi connectivity index (χ1) is 20.1. The predicted molar refractivity (Wildman–Crippen MR) is 158 cm³/mol. The van der Waals surface area contributed by atoms with Gasteiger partial charge in [-0.3, -0.25) is 19.3 Å². The summed E-state index contributed by atoms with van der Waals surface area (Å²) in [5.41, 5.74) is 1.63. The number of nitrogens with zero attached hydrogens (tertiary/aromatic N) is 2. The highest BCUT2D eigenvalue weighted by molar-refractivity contribution is 6.25. The summed E-state index contributed by atoms with van der Waals surface area (Å²) in [7, 11) is 3.02. The van der Waals surface area contributed by atoms with Crippen molar-refractivity contribution in [2.45, 2.75) is 75.5 Å². The second kappa shape index (κ2) is 10.7. The van der Waals surface area contributed by atoms with Crippen LogP contribution in [0.4, 0.5) is 0 Å². The molecule has 3 aliphatic carbocycles. The van der Waals surface area contributed by atoms with E-state index in [-0.39, 0.29) is 11.3 Å². The van der Waals surface area contributed by atoms with Gasteiger partial charge in [0.2, 0.25) is 5.78 Å². The molecule has 1 amide bonds. The number of amides is 1. The zero-order chi connectivity index (χ0) is 31.8. The Labute approximate surface area is 251 Å². The van der Waals surface area contributed by atoms with Gasteiger partial charge < -0.3 is 36.2 Å². The molecule has 0 aromatic heterocycles. The number of likely N-dealkylation sites (tertiary alicyclic amines) is 1. The van der Waals surface area contributed by atoms with E-state index in [4.69, 9.17) is 5.73 Å². The van der Waals surface area contributed by atoms with Crippen molar-refractivity contribution in [1.29, 1.82) is 0 Å². The minimum atomic E-state index is -2.92. The number of carbonyl (C=O) groups is 3. The first-order valence-electron chi connectivity index (χ1n) is 15.0. The molecule has 0 spiro atoms. The number of benzene rings is 1. The fourth-order valence-corrected chi connectivity index (χ4v) is 8.05. The van der Waals surface area contributed by atoms with E-state index in [9.17, 15) is 39.9 Å². The van der Waals surface area contributed by atoms with Crippen molar-refractivity contribution in [3.05, 3.63) is 51.5 Å². The van der Waals surface area contributed by atoms with Crippen LogP contribution >= 0.6 is 0 Å². The number of ketones is 2. The van der Waals surface area contributed by atoms with Crippen LogP contribution in [-0.2, 0) is 15.0 Å². The lowest BCUT2D eigenvalue weighted by atomic mass is 9.55. The van der Waals surface area contributed by atoms with Gasteiger partial charge in [-0.15, -0.1) is 0 Å². The Morgan fingerprint density at radius 1 is 1.14 bits per heavy atom. The third kappa shape index (κ3) is 4.51. The van der Waals surface area contributed by atoms with E-state index >= 15 is 0 Å². The highest BCUT2D eigenvalue weighted by atomic mass is 16.4. The van der Waals surface area contributed by atoms with Crippen molar-refractivity contribution in [3.63, 3.8) is 0 Å². The summed E-state index contributed by atoms with van der Waals surface area (Å²) in [6.07, 6.45) is 2.45. The molecule has 1 aromatic rings. The number of nitrogens with two attached hydrogens (primary N) is 1. The molecule has 11 nitrogen and oxygen atoms in total. The first-order valence-corrected chi connectivity index (χ1v) is 15.0. The smallest absolute Gasteiger partial charge is 0.255 e. The number of aliphatic hydroxyl groups is 4. The Hall–Kier alpha value is -3.25. The maximum absolute atomic E-state index is 14.2. The number of hydrogen-bond acceptors (Lipinski definition) is 10. The van der Waals surface area contributed by atoms with Gasteiger partial charge in [-0.05, 0) is 76.3 Å². The highest BCUT2D eigenvalue weighted by Crippen LogP contribution is 2.56. The average molecular weight is 598 g/mol. The van der Waals surface area contributed by atoms with Gasteiger partial charge in [0.25, 0.3) is 5.91 Å². The number of aliphatic hydroxyl groups excluding tert-OH is 3. The Bertz CT molecular complexity index is 1440. The first kappa shape index (κ1) is 31.2. The van der Waals surface area contributed by atoms with E-state index in [0.717, 1.165) is 32.5 Å². The van der Waals surface area contributed by atoms with E-state index in [1.807, 2.05) is 13.8 Å². The Morgan fingerprint density at radius 3 is 2.35 bits per heavy atom. The van der Waals surface area contributed by atoms with Crippen molar-refractivity contribution in [1.82, 2.24) is 9.80 Å². The second-order valence-corrected chi connectivity index (χ2v) is 13.5. The molecular weight excluding hydrogens is 554 g/mol. The third-order valence-electron chi connectivity index (χ3n) is 10.3. The fourth-order valence-electron chi connectivity index (χ4n) is 8.05. The normalized spacial score (nSPS) is 31.4. The van der Waals surface area contributed by atoms with Gasteiger partial charge in [0.05, 0.1) is 23.6 Å². The van der Waals surface area contributed by atoms with Crippen LogP contribution in [-0.4, -0.2) is 104 Å². The molecule has 1 heterocycles. The molecule has 1 fully saturated rings. The molecule has 4 aliphatic rings. The summed E-state index contributed by atoms with van der Waals surface area (Å²) >= 11 is 0. The number of hydrogen-bond donors (Lipinski definition) is 6. The lowest BCUT2D eigenvalue weighted by Gasteiger charge is -2.53. The van der Waals surface area contributed by atoms with E-state index in [2.05, 4.69) is 4.90 Å². The monoisotopic (exact) mass is 597 g/mol. The number of rotatable bonds is 7. The molecule has 7 N–H and O–H groups in total. The number of carbonyl (C=O) groups excluding carboxylic acids is 3. The second-order valence-electron chi connectivity index (χ2n) is 13.5. The summed E-state index contributed by atoms with van der Waals surface area (Å²) in [6.45, 7) is 8.85. The van der Waals surface area contributed by atoms with Crippen molar-refractivity contribution in [3.8, 4) is 5.75 Å². The molecule has 11 heteroatoms. The van der Waals surface area contributed by atoms with Crippen LogP contribution in [0.2, 0.25) is 0 Å². The topological polar surface area (TPSA) is 185 Å². The lowest BCUT2D eigenvalue weighted by molar-refractivity contribution is -0.162. The van der Waals surface area contributed by atoms with Gasteiger partial charge in [0.1, 0.15) is 22.8 Å². The van der Waals surface area contributed by atoms with Gasteiger partial charge in [-0.25, -0.2) is 0 Å². The largest absolute Gasteiger partial charge is 0.510 e. The van der Waals surface area contributed by atoms with Crippen LogP contribution in [0, 0.1) is 11.8 Å². The van der Waals surface area contributed by atoms with Gasteiger partial charge in [-0.2, -0.15) is 0 Å². The molecule has 6 atom stereocenters. The average Bonchev–Trinajstić information content (AvgIpc) is 3.43. The Balaban J connectivity index is 1.61. The quantitative estimate of drug-likeness (QED) is 0.253. The zero-order valence-electron chi connectivity index (χ0n) is 25.4. The summed E-state index contributed by atoms with van der Waals surface area (Å²) in [6, 6.07) is 2.27. The molecule has 234 valence electrons. The van der Waals surface area contributed by atoms with E-state index in [1.54, 1.807) is 19.1 Å². The molecule has 0 unspecified atom stereocenters. The number of Topliss-reactive ketones (excluding diaryl/α,β-unsaturated/α-hetero) is 2. The molecule has 0 radical (unpaired) electrons. The van der Waals surface area contributed by atoms with Crippen LogP contribution in [0.3, 0.4) is 0 Å². The van der Waals surface area contributed by atoms with Crippen LogP contribution in [0.1, 0.15) is 73.9 Å². The lowest BCUT2D eigenvalue weighted by Crippen LogP contribution is -2.68. The Morgan fingerprint density at radius 2 is 1.77 bits per heavy atom. The van der Waals surface area contributed by atoms with Crippen molar-refractivity contribution >= 4 is 17.5 Å². The van der Waals surface area contributed by atoms with E-state index < -0.39 is 81.1 Å². The molecular formula is C32H43N3O8. The molecule has 1 aliphatic heterocycles. The highest BCUT2D eigenvalue weighted by Gasteiger charge is 2.67. The maximum Gasteiger partial charge on any atom is 0.255 e. The molecule has 43 heavy (non-hydrogen) atoms. The van der Waals surface area contributed by atoms with Gasteiger partial charge >= 0.3 is 0 Å². The number of primary amides is 1. The predicted octanol–water partition coefficient (Wildman–Crippen LogP) is 1.81. The van der Waals surface area contributed by atoms with Gasteiger partial charge in [-0.1, -0.05) is 32.9 Å². The number of phenolic OH excluding ortho intramolecular Hbond substituents is 1. The SMILES string of the molecule is C[C@H]1c2ccc(C(C)(C)CCCN3CCCC3)c(O)c2C(=O)C2=C(O)[C@]3(O)C(=O)C(C(N)=O)=C(O)[C@@H](N(C)C)[C@@H]3[C@@H](O)[C@@H]21. The summed E-state index contributed by atoms with van der Waals surface area (Å²) < 4.78 is 0. The summed E-state index contributed by atoms with van der Waals surface area (Å²) in [4.78, 5) is 43.8. The zero-order valence-corrected chi connectivity index (χ0v) is 25.4. The van der Waals surface area contributed by atoms with Crippen LogP contribution < -0.4 is 5.73 Å². The Kier molecular flexibility index (Phi) is 7.78. The minimum Gasteiger partial charge on any atom is -0.510 e.